The van der Waals surface area contributed by atoms with Gasteiger partial charge in [0.1, 0.15) is 0 Å². The van der Waals surface area contributed by atoms with Crippen molar-refractivity contribution in [3.8, 4) is 11.5 Å². The second kappa shape index (κ2) is 9.11. The van der Waals surface area contributed by atoms with Gasteiger partial charge in [-0.3, -0.25) is 9.59 Å². The number of carbonyl (C=O) groups excluding carboxylic acids is 2. The highest BCUT2D eigenvalue weighted by molar-refractivity contribution is 5.80. The van der Waals surface area contributed by atoms with Gasteiger partial charge < -0.3 is 19.3 Å². The number of methoxy groups -OCH3 is 1. The first-order valence-electron chi connectivity index (χ1n) is 9.92. The summed E-state index contributed by atoms with van der Waals surface area (Å²) >= 11 is 0. The van der Waals surface area contributed by atoms with E-state index in [-0.39, 0.29) is 24.3 Å². The van der Waals surface area contributed by atoms with Crippen LogP contribution in [0.5, 0.6) is 11.5 Å². The number of benzene rings is 1. The molecule has 1 saturated heterocycles. The largest absolute Gasteiger partial charge is 0.493 e. The average molecular weight is 374 g/mol. The molecule has 1 aliphatic heterocycles. The van der Waals surface area contributed by atoms with Crippen LogP contribution in [0.4, 0.5) is 0 Å². The van der Waals surface area contributed by atoms with Crippen molar-refractivity contribution < 1.29 is 19.1 Å². The number of ether oxygens (including phenoxy) is 2. The minimum Gasteiger partial charge on any atom is -0.493 e. The lowest BCUT2D eigenvalue weighted by Gasteiger charge is -2.37. The summed E-state index contributed by atoms with van der Waals surface area (Å²) in [6.45, 7) is 4.35. The van der Waals surface area contributed by atoms with Crippen molar-refractivity contribution in [3.05, 3.63) is 23.8 Å². The summed E-state index contributed by atoms with van der Waals surface area (Å²) in [6, 6.07) is 5.63. The van der Waals surface area contributed by atoms with Crippen LogP contribution in [0.1, 0.15) is 37.7 Å². The molecule has 2 amide bonds. The monoisotopic (exact) mass is 374 g/mol. The second-order valence-electron chi connectivity index (χ2n) is 7.48. The van der Waals surface area contributed by atoms with Crippen molar-refractivity contribution in [2.45, 2.75) is 39.0 Å². The molecule has 0 atom stereocenters. The van der Waals surface area contributed by atoms with Crippen LogP contribution in [0.25, 0.3) is 0 Å². The molecule has 1 aliphatic carbocycles. The first kappa shape index (κ1) is 19.5. The number of carbonyl (C=O) groups is 2. The summed E-state index contributed by atoms with van der Waals surface area (Å²) in [5, 5.41) is 0. The minimum atomic E-state index is -0.0533. The zero-order valence-electron chi connectivity index (χ0n) is 16.4. The Morgan fingerprint density at radius 1 is 1.00 bits per heavy atom. The normalized spacial score (nSPS) is 18.3. The Labute approximate surface area is 161 Å². The van der Waals surface area contributed by atoms with Crippen LogP contribution in [-0.4, -0.2) is 61.5 Å². The molecular weight excluding hydrogens is 344 g/mol. The van der Waals surface area contributed by atoms with Crippen molar-refractivity contribution in [2.75, 3.05) is 39.9 Å². The topological polar surface area (TPSA) is 59.1 Å². The molecule has 2 aliphatic rings. The van der Waals surface area contributed by atoms with Crippen LogP contribution in [0.2, 0.25) is 0 Å². The highest BCUT2D eigenvalue weighted by Crippen LogP contribution is 2.28. The van der Waals surface area contributed by atoms with E-state index < -0.39 is 0 Å². The predicted octanol–water partition coefficient (Wildman–Crippen LogP) is 2.63. The summed E-state index contributed by atoms with van der Waals surface area (Å²) < 4.78 is 11.0. The van der Waals surface area contributed by atoms with E-state index in [1.54, 1.807) is 12.0 Å². The van der Waals surface area contributed by atoms with E-state index >= 15 is 0 Å². The molecule has 1 aromatic carbocycles. The second-order valence-corrected chi connectivity index (χ2v) is 7.48. The number of hydrogen-bond acceptors (Lipinski definition) is 4. The Balaban J connectivity index is 1.46. The van der Waals surface area contributed by atoms with Crippen LogP contribution in [0, 0.1) is 12.8 Å². The third kappa shape index (κ3) is 4.93. The highest BCUT2D eigenvalue weighted by Gasteiger charge is 2.29. The van der Waals surface area contributed by atoms with E-state index in [0.717, 1.165) is 31.2 Å². The van der Waals surface area contributed by atoms with Gasteiger partial charge in [0, 0.05) is 32.1 Å². The van der Waals surface area contributed by atoms with Gasteiger partial charge in [-0.25, -0.2) is 0 Å². The number of hydrogen-bond donors (Lipinski definition) is 0. The van der Waals surface area contributed by atoms with E-state index in [1.807, 2.05) is 30.0 Å². The van der Waals surface area contributed by atoms with Gasteiger partial charge in [-0.05, 0) is 37.5 Å². The summed E-state index contributed by atoms with van der Waals surface area (Å²) in [4.78, 5) is 28.8. The third-order valence-electron chi connectivity index (χ3n) is 5.57. The lowest BCUT2D eigenvalue weighted by atomic mass is 9.88. The summed E-state index contributed by atoms with van der Waals surface area (Å²) in [6.07, 6.45) is 5.61. The standard InChI is InChI=1S/C21H30N2O4/c1-16-8-9-18(19(14-16)26-2)27-15-20(24)22-10-12-23(13-11-22)21(25)17-6-4-3-5-7-17/h8-9,14,17H,3-7,10-13,15H2,1-2H3. The van der Waals surface area contributed by atoms with Gasteiger partial charge in [-0.1, -0.05) is 25.3 Å². The maximum atomic E-state index is 12.6. The molecule has 1 aromatic rings. The number of piperazine rings is 1. The molecule has 0 N–H and O–H groups in total. The average Bonchev–Trinajstić information content (AvgIpc) is 2.72. The van der Waals surface area contributed by atoms with Crippen LogP contribution >= 0.6 is 0 Å². The molecule has 2 fully saturated rings. The molecule has 0 unspecified atom stereocenters. The lowest BCUT2D eigenvalue weighted by molar-refractivity contribution is -0.143. The van der Waals surface area contributed by atoms with Crippen LogP contribution in [0.15, 0.2) is 18.2 Å². The molecule has 0 radical (unpaired) electrons. The van der Waals surface area contributed by atoms with Gasteiger partial charge in [-0.15, -0.1) is 0 Å². The number of aryl methyl sites for hydroxylation is 1. The van der Waals surface area contributed by atoms with Gasteiger partial charge in [0.05, 0.1) is 7.11 Å². The summed E-state index contributed by atoms with van der Waals surface area (Å²) in [5.41, 5.74) is 1.07. The molecule has 3 rings (SSSR count). The van der Waals surface area contributed by atoms with Crippen molar-refractivity contribution in [1.29, 1.82) is 0 Å². The minimum absolute atomic E-state index is 0.0179. The SMILES string of the molecule is COc1cc(C)ccc1OCC(=O)N1CCN(C(=O)C2CCCCC2)CC1. The molecular formula is C21H30N2O4. The maximum Gasteiger partial charge on any atom is 0.260 e. The molecule has 0 aromatic heterocycles. The van der Waals surface area contributed by atoms with Gasteiger partial charge in [0.25, 0.3) is 5.91 Å². The summed E-state index contributed by atoms with van der Waals surface area (Å²) in [5.74, 6) is 1.62. The van der Waals surface area contributed by atoms with E-state index in [1.165, 1.54) is 6.42 Å². The number of nitrogens with zero attached hydrogens (tertiary/aromatic N) is 2. The quantitative estimate of drug-likeness (QED) is 0.795. The van der Waals surface area contributed by atoms with E-state index in [9.17, 15) is 9.59 Å². The van der Waals surface area contributed by atoms with Crippen LogP contribution in [0.3, 0.4) is 0 Å². The molecule has 1 saturated carbocycles. The lowest BCUT2D eigenvalue weighted by Crippen LogP contribution is -2.53. The Kier molecular flexibility index (Phi) is 6.58. The van der Waals surface area contributed by atoms with Crippen molar-refractivity contribution >= 4 is 11.8 Å². The molecule has 6 nitrogen and oxygen atoms in total. The van der Waals surface area contributed by atoms with E-state index in [4.69, 9.17) is 9.47 Å². The van der Waals surface area contributed by atoms with E-state index in [0.29, 0.717) is 37.7 Å². The third-order valence-corrected chi connectivity index (χ3v) is 5.57. The molecule has 6 heteroatoms. The zero-order chi connectivity index (χ0) is 19.2. The molecule has 148 valence electrons. The van der Waals surface area contributed by atoms with Crippen LogP contribution < -0.4 is 9.47 Å². The van der Waals surface area contributed by atoms with Crippen molar-refractivity contribution in [1.82, 2.24) is 9.80 Å². The van der Waals surface area contributed by atoms with Crippen molar-refractivity contribution in [3.63, 3.8) is 0 Å². The van der Waals surface area contributed by atoms with Gasteiger partial charge in [0.2, 0.25) is 5.91 Å². The molecule has 27 heavy (non-hydrogen) atoms. The molecule has 0 bridgehead atoms. The van der Waals surface area contributed by atoms with Gasteiger partial charge in [-0.2, -0.15) is 0 Å². The fourth-order valence-corrected chi connectivity index (χ4v) is 3.91. The molecule has 1 heterocycles. The Hall–Kier alpha value is -2.24. The number of amides is 2. The first-order chi connectivity index (χ1) is 13.1. The maximum absolute atomic E-state index is 12.6. The fraction of sp³-hybridized carbons (Fsp3) is 0.619. The van der Waals surface area contributed by atoms with Crippen molar-refractivity contribution in [2.24, 2.45) is 5.92 Å². The van der Waals surface area contributed by atoms with Gasteiger partial charge in [0.15, 0.2) is 18.1 Å². The zero-order valence-corrected chi connectivity index (χ0v) is 16.4. The summed E-state index contributed by atoms with van der Waals surface area (Å²) in [7, 11) is 1.59. The Bertz CT molecular complexity index is 662. The molecule has 0 spiro atoms. The first-order valence-corrected chi connectivity index (χ1v) is 9.92. The Morgan fingerprint density at radius 2 is 1.67 bits per heavy atom. The predicted molar refractivity (Wildman–Crippen MR) is 103 cm³/mol. The Morgan fingerprint density at radius 3 is 2.33 bits per heavy atom. The van der Waals surface area contributed by atoms with Crippen LogP contribution in [-0.2, 0) is 9.59 Å². The smallest absolute Gasteiger partial charge is 0.260 e. The van der Waals surface area contributed by atoms with Gasteiger partial charge >= 0.3 is 0 Å². The highest BCUT2D eigenvalue weighted by atomic mass is 16.5. The van der Waals surface area contributed by atoms with E-state index in [2.05, 4.69) is 0 Å². The number of rotatable bonds is 5. The fourth-order valence-electron chi connectivity index (χ4n) is 3.91.